The highest BCUT2D eigenvalue weighted by molar-refractivity contribution is 5.95. The minimum absolute atomic E-state index is 0.170. The second-order valence-corrected chi connectivity index (χ2v) is 7.17. The van der Waals surface area contributed by atoms with Gasteiger partial charge < -0.3 is 9.47 Å². The lowest BCUT2D eigenvalue weighted by Gasteiger charge is -2.34. The Kier molecular flexibility index (Phi) is 5.23. The van der Waals surface area contributed by atoms with Crippen molar-refractivity contribution in [3.8, 4) is 0 Å². The van der Waals surface area contributed by atoms with Crippen molar-refractivity contribution in [1.29, 1.82) is 0 Å². The number of hydrogen-bond donors (Lipinski definition) is 0. The average Bonchev–Trinajstić information content (AvgIpc) is 2.90. The van der Waals surface area contributed by atoms with E-state index in [9.17, 15) is 4.79 Å². The van der Waals surface area contributed by atoms with Crippen LogP contribution in [0.1, 0.15) is 47.2 Å². The number of aromatic nitrogens is 2. The molecule has 1 aliphatic rings. The first kappa shape index (κ1) is 17.7. The predicted octanol–water partition coefficient (Wildman–Crippen LogP) is 3.04. The molecule has 2 aromatic rings. The molecule has 0 radical (unpaired) electrons. The second kappa shape index (κ2) is 7.40. The number of pyridine rings is 1. The van der Waals surface area contributed by atoms with E-state index in [1.807, 2.05) is 23.4 Å². The van der Waals surface area contributed by atoms with Gasteiger partial charge in [0.1, 0.15) is 0 Å². The fraction of sp³-hybridized carbons (Fsp3) is 0.500. The van der Waals surface area contributed by atoms with Gasteiger partial charge in [0.2, 0.25) is 0 Å². The standard InChI is InChI=1S/C20H28N4O/c1-15(2)24-16(3)13-19(17(24)4)20(25)23-11-9-22(10-12-23)14-18-5-7-21-8-6-18/h5-8,13,15H,9-12,14H2,1-4H3. The van der Waals surface area contributed by atoms with E-state index in [2.05, 4.69) is 54.3 Å². The van der Waals surface area contributed by atoms with Gasteiger partial charge in [-0.15, -0.1) is 0 Å². The summed E-state index contributed by atoms with van der Waals surface area (Å²) in [6.45, 7) is 12.8. The van der Waals surface area contributed by atoms with Gasteiger partial charge in [0.25, 0.3) is 5.91 Å². The Morgan fingerprint density at radius 3 is 2.32 bits per heavy atom. The van der Waals surface area contributed by atoms with E-state index >= 15 is 0 Å². The molecule has 0 atom stereocenters. The first-order valence-electron chi connectivity index (χ1n) is 9.06. The summed E-state index contributed by atoms with van der Waals surface area (Å²) in [6, 6.07) is 6.52. The number of carbonyl (C=O) groups excluding carboxylic acids is 1. The number of carbonyl (C=O) groups is 1. The molecule has 25 heavy (non-hydrogen) atoms. The molecule has 1 fully saturated rings. The molecule has 134 valence electrons. The molecule has 1 aliphatic heterocycles. The molecule has 0 spiro atoms. The van der Waals surface area contributed by atoms with Gasteiger partial charge in [-0.05, 0) is 51.5 Å². The van der Waals surface area contributed by atoms with Gasteiger partial charge in [-0.2, -0.15) is 0 Å². The van der Waals surface area contributed by atoms with E-state index in [0.29, 0.717) is 6.04 Å². The summed E-state index contributed by atoms with van der Waals surface area (Å²) in [7, 11) is 0. The molecular formula is C20H28N4O. The van der Waals surface area contributed by atoms with Crippen LogP contribution in [-0.2, 0) is 6.54 Å². The molecule has 5 heteroatoms. The number of piperazine rings is 1. The molecule has 1 saturated heterocycles. The second-order valence-electron chi connectivity index (χ2n) is 7.17. The maximum atomic E-state index is 13.0. The monoisotopic (exact) mass is 340 g/mol. The van der Waals surface area contributed by atoms with Gasteiger partial charge in [0, 0.05) is 62.5 Å². The van der Waals surface area contributed by atoms with Crippen LogP contribution < -0.4 is 0 Å². The smallest absolute Gasteiger partial charge is 0.255 e. The SMILES string of the molecule is Cc1cc(C(=O)N2CCN(Cc3ccncc3)CC2)c(C)n1C(C)C. The Balaban J connectivity index is 1.63. The van der Waals surface area contributed by atoms with Crippen LogP contribution in [0.5, 0.6) is 0 Å². The van der Waals surface area contributed by atoms with Crippen LogP contribution in [0.4, 0.5) is 0 Å². The van der Waals surface area contributed by atoms with E-state index in [4.69, 9.17) is 0 Å². The topological polar surface area (TPSA) is 41.4 Å². The van der Waals surface area contributed by atoms with Crippen LogP contribution in [0.3, 0.4) is 0 Å². The molecule has 5 nitrogen and oxygen atoms in total. The minimum Gasteiger partial charge on any atom is -0.346 e. The maximum Gasteiger partial charge on any atom is 0.255 e. The van der Waals surface area contributed by atoms with E-state index in [1.165, 1.54) is 5.56 Å². The Bertz CT molecular complexity index is 728. The number of aryl methyl sites for hydroxylation is 1. The number of hydrogen-bond acceptors (Lipinski definition) is 3. The molecule has 0 saturated carbocycles. The zero-order valence-corrected chi connectivity index (χ0v) is 15.7. The Labute approximate surface area is 150 Å². The Hall–Kier alpha value is -2.14. The first-order valence-corrected chi connectivity index (χ1v) is 9.06. The maximum absolute atomic E-state index is 13.0. The molecule has 0 unspecified atom stereocenters. The third-order valence-corrected chi connectivity index (χ3v) is 5.05. The van der Waals surface area contributed by atoms with Crippen molar-refractivity contribution >= 4 is 5.91 Å². The van der Waals surface area contributed by atoms with Crippen molar-refractivity contribution < 1.29 is 4.79 Å². The molecule has 1 amide bonds. The highest BCUT2D eigenvalue weighted by atomic mass is 16.2. The third kappa shape index (κ3) is 3.76. The van der Waals surface area contributed by atoms with E-state index in [-0.39, 0.29) is 5.91 Å². The molecule has 0 aromatic carbocycles. The quantitative estimate of drug-likeness (QED) is 0.859. The van der Waals surface area contributed by atoms with Gasteiger partial charge >= 0.3 is 0 Å². The summed E-state index contributed by atoms with van der Waals surface area (Å²) in [5, 5.41) is 0. The third-order valence-electron chi connectivity index (χ3n) is 5.05. The molecule has 0 aliphatic carbocycles. The summed E-state index contributed by atoms with van der Waals surface area (Å²) >= 11 is 0. The summed E-state index contributed by atoms with van der Waals surface area (Å²) in [4.78, 5) is 21.4. The largest absolute Gasteiger partial charge is 0.346 e. The Morgan fingerprint density at radius 1 is 1.12 bits per heavy atom. The summed E-state index contributed by atoms with van der Waals surface area (Å²) < 4.78 is 2.24. The zero-order valence-electron chi connectivity index (χ0n) is 15.7. The van der Waals surface area contributed by atoms with Crippen molar-refractivity contribution in [3.05, 3.63) is 53.1 Å². The van der Waals surface area contributed by atoms with Crippen LogP contribution in [0.2, 0.25) is 0 Å². The average molecular weight is 340 g/mol. The van der Waals surface area contributed by atoms with Gasteiger partial charge in [-0.3, -0.25) is 14.7 Å². The van der Waals surface area contributed by atoms with Gasteiger partial charge in [-0.25, -0.2) is 0 Å². The van der Waals surface area contributed by atoms with Crippen molar-refractivity contribution in [3.63, 3.8) is 0 Å². The normalized spacial score (nSPS) is 15.8. The van der Waals surface area contributed by atoms with E-state index in [0.717, 1.165) is 49.7 Å². The number of amides is 1. The van der Waals surface area contributed by atoms with Crippen LogP contribution in [-0.4, -0.2) is 51.4 Å². The van der Waals surface area contributed by atoms with Crippen molar-refractivity contribution in [2.24, 2.45) is 0 Å². The van der Waals surface area contributed by atoms with Crippen LogP contribution in [0.25, 0.3) is 0 Å². The molecule has 2 aromatic heterocycles. The lowest BCUT2D eigenvalue weighted by molar-refractivity contribution is 0.0627. The lowest BCUT2D eigenvalue weighted by Crippen LogP contribution is -2.48. The van der Waals surface area contributed by atoms with Gasteiger partial charge in [0.05, 0.1) is 5.56 Å². The first-order chi connectivity index (χ1) is 12.0. The molecule has 0 bridgehead atoms. The zero-order chi connectivity index (χ0) is 18.0. The summed E-state index contributed by atoms with van der Waals surface area (Å²) in [5.41, 5.74) is 4.37. The molecule has 3 heterocycles. The van der Waals surface area contributed by atoms with E-state index in [1.54, 1.807) is 0 Å². The van der Waals surface area contributed by atoms with Crippen molar-refractivity contribution in [2.45, 2.75) is 40.3 Å². The van der Waals surface area contributed by atoms with Gasteiger partial charge in [-0.1, -0.05) is 0 Å². The molecule has 3 rings (SSSR count). The number of rotatable bonds is 4. The van der Waals surface area contributed by atoms with Crippen LogP contribution >= 0.6 is 0 Å². The Morgan fingerprint density at radius 2 is 1.76 bits per heavy atom. The van der Waals surface area contributed by atoms with Gasteiger partial charge in [0.15, 0.2) is 0 Å². The highest BCUT2D eigenvalue weighted by Gasteiger charge is 2.25. The minimum atomic E-state index is 0.170. The van der Waals surface area contributed by atoms with Crippen molar-refractivity contribution in [1.82, 2.24) is 19.4 Å². The van der Waals surface area contributed by atoms with E-state index < -0.39 is 0 Å². The highest BCUT2D eigenvalue weighted by Crippen LogP contribution is 2.22. The fourth-order valence-electron chi connectivity index (χ4n) is 3.81. The van der Waals surface area contributed by atoms with Crippen molar-refractivity contribution in [2.75, 3.05) is 26.2 Å². The summed E-state index contributed by atoms with van der Waals surface area (Å²) in [5.74, 6) is 0.170. The number of nitrogens with zero attached hydrogens (tertiary/aromatic N) is 4. The lowest BCUT2D eigenvalue weighted by atomic mass is 10.2. The van der Waals surface area contributed by atoms with Crippen LogP contribution in [0, 0.1) is 13.8 Å². The summed E-state index contributed by atoms with van der Waals surface area (Å²) in [6.07, 6.45) is 3.67. The fourth-order valence-corrected chi connectivity index (χ4v) is 3.81. The molecular weight excluding hydrogens is 312 g/mol. The predicted molar refractivity (Wildman–Crippen MR) is 99.7 cm³/mol. The molecule has 0 N–H and O–H groups in total. The van der Waals surface area contributed by atoms with Crippen LogP contribution in [0.15, 0.2) is 30.6 Å².